The summed E-state index contributed by atoms with van der Waals surface area (Å²) in [6.45, 7) is 0. The number of methoxy groups -OCH3 is 1. The van der Waals surface area contributed by atoms with Crippen LogP contribution in [-0.4, -0.2) is 17.1 Å². The van der Waals surface area contributed by atoms with E-state index in [1.807, 2.05) is 12.1 Å². The van der Waals surface area contributed by atoms with E-state index in [0.717, 1.165) is 5.52 Å². The second kappa shape index (κ2) is 3.30. The fourth-order valence-electron chi connectivity index (χ4n) is 1.16. The molecule has 0 saturated carbocycles. The maximum atomic E-state index is 8.67. The molecule has 0 spiro atoms. The zero-order valence-corrected chi connectivity index (χ0v) is 7.56. The molecule has 2 aromatic heterocycles. The van der Waals surface area contributed by atoms with Crippen molar-refractivity contribution in [2.24, 2.45) is 0 Å². The van der Waals surface area contributed by atoms with Gasteiger partial charge in [-0.05, 0) is 12.1 Å². The highest BCUT2D eigenvalue weighted by Crippen LogP contribution is 2.14. The molecule has 14 heavy (non-hydrogen) atoms. The van der Waals surface area contributed by atoms with Crippen LogP contribution in [0, 0.1) is 11.3 Å². The molecule has 0 aliphatic heterocycles. The molecule has 0 saturated heterocycles. The Bertz CT molecular complexity index is 516. The molecule has 4 heteroatoms. The molecule has 0 radical (unpaired) electrons. The van der Waals surface area contributed by atoms with Gasteiger partial charge in [-0.3, -0.25) is 4.98 Å². The summed E-state index contributed by atoms with van der Waals surface area (Å²) in [6, 6.07) is 7.24. The Balaban J connectivity index is 2.67. The second-order valence-electron chi connectivity index (χ2n) is 2.73. The summed E-state index contributed by atoms with van der Waals surface area (Å²) in [6.07, 6.45) is 1.52. The van der Waals surface area contributed by atoms with E-state index in [1.54, 1.807) is 19.2 Å². The first kappa shape index (κ1) is 8.45. The molecule has 0 fully saturated rings. The van der Waals surface area contributed by atoms with E-state index in [-0.39, 0.29) is 0 Å². The quantitative estimate of drug-likeness (QED) is 0.675. The fraction of sp³-hybridized carbons (Fsp3) is 0.100. The molecule has 0 bridgehead atoms. The topological polar surface area (TPSA) is 58.8 Å². The zero-order chi connectivity index (χ0) is 9.97. The average molecular weight is 185 g/mol. The first-order valence-electron chi connectivity index (χ1n) is 4.04. The predicted molar refractivity (Wildman–Crippen MR) is 50.8 cm³/mol. The van der Waals surface area contributed by atoms with Gasteiger partial charge in [0.1, 0.15) is 6.07 Å². The van der Waals surface area contributed by atoms with Crippen molar-refractivity contribution in [3.05, 3.63) is 30.0 Å². The molecule has 0 N–H and O–H groups in total. The maximum Gasteiger partial charge on any atom is 0.213 e. The monoisotopic (exact) mass is 185 g/mol. The van der Waals surface area contributed by atoms with Crippen molar-refractivity contribution in [2.75, 3.05) is 7.11 Å². The van der Waals surface area contributed by atoms with Gasteiger partial charge in [-0.15, -0.1) is 0 Å². The van der Waals surface area contributed by atoms with Crippen molar-refractivity contribution in [1.82, 2.24) is 9.97 Å². The molecule has 0 amide bonds. The van der Waals surface area contributed by atoms with Gasteiger partial charge in [0.25, 0.3) is 0 Å². The Morgan fingerprint density at radius 1 is 1.36 bits per heavy atom. The summed E-state index contributed by atoms with van der Waals surface area (Å²) in [7, 11) is 1.55. The van der Waals surface area contributed by atoms with Gasteiger partial charge in [0.15, 0.2) is 0 Å². The number of nitrogens with zero attached hydrogens (tertiary/aromatic N) is 3. The number of nitriles is 1. The van der Waals surface area contributed by atoms with Crippen LogP contribution < -0.4 is 4.74 Å². The van der Waals surface area contributed by atoms with Crippen LogP contribution >= 0.6 is 0 Å². The maximum absolute atomic E-state index is 8.67. The Hall–Kier alpha value is -2.15. The van der Waals surface area contributed by atoms with Gasteiger partial charge in [0, 0.05) is 12.3 Å². The molecule has 2 aromatic rings. The molecule has 2 rings (SSSR count). The van der Waals surface area contributed by atoms with Crippen LogP contribution in [0.5, 0.6) is 5.88 Å². The van der Waals surface area contributed by atoms with Crippen LogP contribution in [0.25, 0.3) is 11.0 Å². The molecule has 0 aliphatic carbocycles. The Morgan fingerprint density at radius 2 is 2.21 bits per heavy atom. The number of rotatable bonds is 1. The van der Waals surface area contributed by atoms with Gasteiger partial charge >= 0.3 is 0 Å². The molecule has 2 heterocycles. The predicted octanol–water partition coefficient (Wildman–Crippen LogP) is 1.51. The van der Waals surface area contributed by atoms with Crippen molar-refractivity contribution in [1.29, 1.82) is 5.26 Å². The highest BCUT2D eigenvalue weighted by molar-refractivity contribution is 5.75. The van der Waals surface area contributed by atoms with E-state index in [4.69, 9.17) is 10.00 Å². The van der Waals surface area contributed by atoms with E-state index in [1.165, 1.54) is 6.20 Å². The zero-order valence-electron chi connectivity index (χ0n) is 7.56. The fourth-order valence-corrected chi connectivity index (χ4v) is 1.16. The van der Waals surface area contributed by atoms with Gasteiger partial charge in [-0.2, -0.15) is 5.26 Å². The molecule has 0 aromatic carbocycles. The Labute approximate surface area is 80.8 Å². The number of ether oxygens (including phenoxy) is 1. The third-order valence-electron chi connectivity index (χ3n) is 1.85. The summed E-state index contributed by atoms with van der Waals surface area (Å²) in [5.41, 5.74) is 1.92. The standard InChI is InChI=1S/C10H7N3O/c1-14-10-3-2-8-9(13-10)4-7(5-11)6-12-8/h2-4,6H,1H3. The van der Waals surface area contributed by atoms with Gasteiger partial charge in [0.2, 0.25) is 5.88 Å². The average Bonchev–Trinajstić information content (AvgIpc) is 2.27. The number of fused-ring (bicyclic) bond motifs is 1. The number of hydrogen-bond acceptors (Lipinski definition) is 4. The normalized spacial score (nSPS) is 9.71. The molecular formula is C10H7N3O. The number of hydrogen-bond donors (Lipinski definition) is 0. The van der Waals surface area contributed by atoms with Crippen molar-refractivity contribution in [3.63, 3.8) is 0 Å². The minimum atomic E-state index is 0.498. The first-order chi connectivity index (χ1) is 6.83. The Morgan fingerprint density at radius 3 is 2.93 bits per heavy atom. The van der Waals surface area contributed by atoms with Gasteiger partial charge < -0.3 is 4.74 Å². The van der Waals surface area contributed by atoms with Crippen molar-refractivity contribution < 1.29 is 4.74 Å². The summed E-state index contributed by atoms with van der Waals surface area (Å²) in [5, 5.41) is 8.67. The van der Waals surface area contributed by atoms with Gasteiger partial charge in [0.05, 0.1) is 23.7 Å². The number of aromatic nitrogens is 2. The first-order valence-corrected chi connectivity index (χ1v) is 4.04. The lowest BCUT2D eigenvalue weighted by molar-refractivity contribution is 0.399. The van der Waals surface area contributed by atoms with E-state index < -0.39 is 0 Å². The van der Waals surface area contributed by atoms with Gasteiger partial charge in [-0.25, -0.2) is 4.98 Å². The lowest BCUT2D eigenvalue weighted by Crippen LogP contribution is -1.89. The van der Waals surface area contributed by atoms with Crippen molar-refractivity contribution in [2.45, 2.75) is 0 Å². The SMILES string of the molecule is COc1ccc2ncc(C#N)cc2n1. The molecule has 68 valence electrons. The summed E-state index contributed by atoms with van der Waals surface area (Å²) < 4.78 is 4.97. The molecule has 0 atom stereocenters. The van der Waals surface area contributed by atoms with E-state index >= 15 is 0 Å². The van der Waals surface area contributed by atoms with Crippen LogP contribution in [0.4, 0.5) is 0 Å². The van der Waals surface area contributed by atoms with Crippen LogP contribution in [0.1, 0.15) is 5.56 Å². The smallest absolute Gasteiger partial charge is 0.213 e. The highest BCUT2D eigenvalue weighted by atomic mass is 16.5. The minimum absolute atomic E-state index is 0.498. The van der Waals surface area contributed by atoms with Crippen molar-refractivity contribution >= 4 is 11.0 Å². The number of pyridine rings is 2. The molecule has 4 nitrogen and oxygen atoms in total. The third kappa shape index (κ3) is 1.36. The largest absolute Gasteiger partial charge is 0.481 e. The van der Waals surface area contributed by atoms with Crippen LogP contribution in [0.3, 0.4) is 0 Å². The lowest BCUT2D eigenvalue weighted by atomic mass is 10.2. The molecule has 0 unspecified atom stereocenters. The lowest BCUT2D eigenvalue weighted by Gasteiger charge is -2.00. The second-order valence-corrected chi connectivity index (χ2v) is 2.73. The van der Waals surface area contributed by atoms with Crippen molar-refractivity contribution in [3.8, 4) is 11.9 Å². The van der Waals surface area contributed by atoms with Crippen LogP contribution in [-0.2, 0) is 0 Å². The van der Waals surface area contributed by atoms with Crippen LogP contribution in [0.15, 0.2) is 24.4 Å². The van der Waals surface area contributed by atoms with E-state index in [2.05, 4.69) is 9.97 Å². The van der Waals surface area contributed by atoms with Crippen LogP contribution in [0.2, 0.25) is 0 Å². The summed E-state index contributed by atoms with van der Waals surface area (Å²) in [5.74, 6) is 0.523. The van der Waals surface area contributed by atoms with E-state index in [0.29, 0.717) is 17.0 Å². The molecular weight excluding hydrogens is 178 g/mol. The highest BCUT2D eigenvalue weighted by Gasteiger charge is 2.00. The molecule has 0 aliphatic rings. The third-order valence-corrected chi connectivity index (χ3v) is 1.85. The Kier molecular flexibility index (Phi) is 1.99. The minimum Gasteiger partial charge on any atom is -0.481 e. The van der Waals surface area contributed by atoms with E-state index in [9.17, 15) is 0 Å². The summed E-state index contributed by atoms with van der Waals surface area (Å²) in [4.78, 5) is 8.25. The van der Waals surface area contributed by atoms with Gasteiger partial charge in [-0.1, -0.05) is 0 Å². The summed E-state index contributed by atoms with van der Waals surface area (Å²) >= 11 is 0.